The van der Waals surface area contributed by atoms with E-state index in [9.17, 15) is 0 Å². The molecule has 0 aromatic heterocycles. The Labute approximate surface area is 415 Å². The smallest absolute Gasteiger partial charge is 0.0654 e. The second-order valence-electron chi connectivity index (χ2n) is 21.9. The molecule has 6 aromatic rings. The van der Waals surface area contributed by atoms with Crippen LogP contribution in [0.3, 0.4) is 0 Å². The van der Waals surface area contributed by atoms with Crippen LogP contribution in [0.5, 0.6) is 0 Å². The molecule has 0 radical (unpaired) electrons. The van der Waals surface area contributed by atoms with Crippen LogP contribution < -0.4 is 0 Å². The molecule has 2 aliphatic carbocycles. The van der Waals surface area contributed by atoms with Crippen molar-refractivity contribution in [1.82, 2.24) is 0 Å². The minimum absolute atomic E-state index is 0.123. The number of benzene rings is 6. The van der Waals surface area contributed by atoms with Gasteiger partial charge in [0.2, 0.25) is 0 Å². The summed E-state index contributed by atoms with van der Waals surface area (Å²) < 4.78 is 0. The quantitative estimate of drug-likeness (QED) is 0.0561. The Hall–Kier alpha value is -4.68. The van der Waals surface area contributed by atoms with Gasteiger partial charge in [0.1, 0.15) is 0 Å². The lowest BCUT2D eigenvalue weighted by atomic mass is 9.67. The Morgan fingerprint density at radius 3 is 1.34 bits per heavy atom. The second kappa shape index (κ2) is 24.2. The van der Waals surface area contributed by atoms with Gasteiger partial charge in [0.15, 0.2) is 0 Å². The van der Waals surface area contributed by atoms with Gasteiger partial charge >= 0.3 is 0 Å². The fraction of sp³-hybridized carbons (Fsp3) is 0.471. The second-order valence-corrected chi connectivity index (χ2v) is 21.9. The van der Waals surface area contributed by atoms with Gasteiger partial charge in [-0.25, -0.2) is 0 Å². The standard InChI is InChI=1S/C42H52.C26H36/c1-5-7-9-13-19-34(20-14-10-8-6-2)26-27-35-29-33(4)31-40-41(35)38-28-25-32(3)30-39(38)42(40,36-21-15-11-16-22-36)37-23-17-12-18-24-37;1-6-7-8-9-10-11-12-13-21-16-20(3)18-24-25(21)22-15-14-19(2)17-23(22)26(24,4)5/h11-12,15-18,21-25,28-31,34H,5-10,13-14,19-20,26-27H2,1-4H3;14-18H,6-13H2,1-5H3. The topological polar surface area (TPSA) is 0 Å². The van der Waals surface area contributed by atoms with Gasteiger partial charge in [-0.05, 0) is 126 Å². The first kappa shape index (κ1) is 51.2. The van der Waals surface area contributed by atoms with Crippen LogP contribution in [-0.4, -0.2) is 0 Å². The normalized spacial score (nSPS) is 13.7. The molecule has 0 nitrogen and oxygen atoms in total. The predicted octanol–water partition coefficient (Wildman–Crippen LogP) is 20.1. The molecule has 2 aliphatic rings. The molecule has 8 rings (SSSR count). The first-order chi connectivity index (χ1) is 33.0. The molecular formula is C68H88. The van der Waals surface area contributed by atoms with Crippen LogP contribution in [0.1, 0.15) is 217 Å². The van der Waals surface area contributed by atoms with Gasteiger partial charge in [-0.1, -0.05) is 281 Å². The van der Waals surface area contributed by atoms with E-state index in [1.165, 1.54) is 201 Å². The first-order valence-corrected chi connectivity index (χ1v) is 27.7. The van der Waals surface area contributed by atoms with E-state index in [1.54, 1.807) is 16.7 Å². The van der Waals surface area contributed by atoms with Gasteiger partial charge in [-0.3, -0.25) is 0 Å². The van der Waals surface area contributed by atoms with Gasteiger partial charge in [-0.15, -0.1) is 0 Å². The van der Waals surface area contributed by atoms with E-state index >= 15 is 0 Å². The summed E-state index contributed by atoms with van der Waals surface area (Å²) in [5, 5.41) is 0. The molecule has 0 saturated heterocycles. The minimum Gasteiger partial charge on any atom is -0.0654 e. The van der Waals surface area contributed by atoms with Crippen LogP contribution in [0.4, 0.5) is 0 Å². The summed E-state index contributed by atoms with van der Waals surface area (Å²) in [6.07, 6.45) is 27.1. The Balaban J connectivity index is 0.000000225. The highest BCUT2D eigenvalue weighted by atomic mass is 14.5. The predicted molar refractivity (Wildman–Crippen MR) is 298 cm³/mol. The van der Waals surface area contributed by atoms with Crippen molar-refractivity contribution in [2.24, 2.45) is 5.92 Å². The summed E-state index contributed by atoms with van der Waals surface area (Å²) in [5.41, 5.74) is 23.1. The zero-order valence-electron chi connectivity index (χ0n) is 44.3. The Morgan fingerprint density at radius 1 is 0.368 bits per heavy atom. The highest BCUT2D eigenvalue weighted by Crippen LogP contribution is 2.58. The Kier molecular flexibility index (Phi) is 18.2. The molecule has 68 heavy (non-hydrogen) atoms. The lowest BCUT2D eigenvalue weighted by Gasteiger charge is -2.34. The van der Waals surface area contributed by atoms with Crippen molar-refractivity contribution in [1.29, 1.82) is 0 Å². The van der Waals surface area contributed by atoms with Crippen molar-refractivity contribution in [3.8, 4) is 22.3 Å². The zero-order valence-corrected chi connectivity index (χ0v) is 44.3. The molecule has 6 aromatic carbocycles. The summed E-state index contributed by atoms with van der Waals surface area (Å²) in [5.74, 6) is 0.835. The number of rotatable bonds is 23. The van der Waals surface area contributed by atoms with E-state index in [1.807, 2.05) is 0 Å². The monoisotopic (exact) mass is 905 g/mol. The minimum atomic E-state index is -0.306. The number of unbranched alkanes of at least 4 members (excludes halogenated alkanes) is 12. The Bertz CT molecular complexity index is 2460. The van der Waals surface area contributed by atoms with Crippen molar-refractivity contribution in [2.45, 2.75) is 202 Å². The molecular weight excluding hydrogens is 817 g/mol. The largest absolute Gasteiger partial charge is 0.0713 e. The molecule has 0 heteroatoms. The maximum absolute atomic E-state index is 2.51. The molecule has 0 amide bonds. The highest BCUT2D eigenvalue weighted by Gasteiger charge is 2.47. The molecule has 0 saturated carbocycles. The lowest BCUT2D eigenvalue weighted by Crippen LogP contribution is -2.28. The highest BCUT2D eigenvalue weighted by molar-refractivity contribution is 5.89. The van der Waals surface area contributed by atoms with E-state index in [0.29, 0.717) is 0 Å². The van der Waals surface area contributed by atoms with Crippen molar-refractivity contribution >= 4 is 0 Å². The van der Waals surface area contributed by atoms with Crippen molar-refractivity contribution in [2.75, 3.05) is 0 Å². The van der Waals surface area contributed by atoms with Gasteiger partial charge in [-0.2, -0.15) is 0 Å². The van der Waals surface area contributed by atoms with E-state index in [4.69, 9.17) is 0 Å². The number of fused-ring (bicyclic) bond motifs is 6. The van der Waals surface area contributed by atoms with E-state index < -0.39 is 0 Å². The van der Waals surface area contributed by atoms with Crippen LogP contribution in [0.2, 0.25) is 0 Å². The molecule has 0 N–H and O–H groups in total. The number of aryl methyl sites for hydroxylation is 6. The molecule has 0 unspecified atom stereocenters. The molecule has 0 heterocycles. The van der Waals surface area contributed by atoms with Crippen molar-refractivity contribution in [3.63, 3.8) is 0 Å². The third-order valence-corrected chi connectivity index (χ3v) is 16.0. The average molecular weight is 905 g/mol. The third-order valence-electron chi connectivity index (χ3n) is 16.0. The SMILES string of the molecule is CCCCCCC(CCCCCC)CCc1cc(C)cc2c1-c1ccc(C)cc1C2(c1ccccc1)c1ccccc1.CCCCCCCCCc1cc(C)cc2c1-c1ccc(C)cc1C2(C)C. The molecule has 0 fully saturated rings. The molecule has 360 valence electrons. The van der Waals surface area contributed by atoms with Gasteiger partial charge < -0.3 is 0 Å². The van der Waals surface area contributed by atoms with Crippen molar-refractivity contribution in [3.05, 3.63) is 188 Å². The first-order valence-electron chi connectivity index (χ1n) is 27.7. The zero-order chi connectivity index (χ0) is 48.1. The Morgan fingerprint density at radius 2 is 0.794 bits per heavy atom. The maximum atomic E-state index is 2.51. The van der Waals surface area contributed by atoms with E-state index in [2.05, 4.69) is 184 Å². The van der Waals surface area contributed by atoms with E-state index in [0.717, 1.165) is 5.92 Å². The lowest BCUT2D eigenvalue weighted by molar-refractivity contribution is 0.383. The summed E-state index contributed by atoms with van der Waals surface area (Å²) in [6, 6.07) is 46.7. The van der Waals surface area contributed by atoms with Crippen LogP contribution >= 0.6 is 0 Å². The van der Waals surface area contributed by atoms with Crippen LogP contribution in [0.15, 0.2) is 121 Å². The summed E-state index contributed by atoms with van der Waals surface area (Å²) in [7, 11) is 0. The number of hydrogen-bond acceptors (Lipinski definition) is 0. The van der Waals surface area contributed by atoms with Gasteiger partial charge in [0.05, 0.1) is 5.41 Å². The van der Waals surface area contributed by atoms with Crippen molar-refractivity contribution < 1.29 is 0 Å². The summed E-state index contributed by atoms with van der Waals surface area (Å²) >= 11 is 0. The fourth-order valence-electron chi connectivity index (χ4n) is 12.4. The van der Waals surface area contributed by atoms with E-state index in [-0.39, 0.29) is 10.8 Å². The molecule has 0 atom stereocenters. The average Bonchev–Trinajstić information content (AvgIpc) is 3.75. The third kappa shape index (κ3) is 11.5. The van der Waals surface area contributed by atoms with Gasteiger partial charge in [0.25, 0.3) is 0 Å². The van der Waals surface area contributed by atoms with Crippen LogP contribution in [0, 0.1) is 33.6 Å². The fourth-order valence-corrected chi connectivity index (χ4v) is 12.4. The van der Waals surface area contributed by atoms with Crippen LogP contribution in [0.25, 0.3) is 22.3 Å². The summed E-state index contributed by atoms with van der Waals surface area (Å²) in [6.45, 7) is 20.8. The maximum Gasteiger partial charge on any atom is 0.0713 e. The number of hydrogen-bond donors (Lipinski definition) is 0. The van der Waals surface area contributed by atoms with Crippen LogP contribution in [-0.2, 0) is 23.7 Å². The van der Waals surface area contributed by atoms with Gasteiger partial charge in [0, 0.05) is 5.41 Å². The molecule has 0 bridgehead atoms. The summed E-state index contributed by atoms with van der Waals surface area (Å²) in [4.78, 5) is 0. The molecule has 0 aliphatic heterocycles. The molecule has 0 spiro atoms.